The van der Waals surface area contributed by atoms with E-state index >= 15 is 0 Å². The maximum atomic E-state index is 11.7. The van der Waals surface area contributed by atoms with E-state index in [0.717, 1.165) is 19.5 Å². The Labute approximate surface area is 112 Å². The van der Waals surface area contributed by atoms with Gasteiger partial charge in [-0.2, -0.15) is 0 Å². The van der Waals surface area contributed by atoms with Crippen LogP contribution in [0.2, 0.25) is 0 Å². The second kappa shape index (κ2) is 8.35. The van der Waals surface area contributed by atoms with Crippen molar-refractivity contribution >= 4 is 6.09 Å². The van der Waals surface area contributed by atoms with Gasteiger partial charge in [-0.1, -0.05) is 12.8 Å². The molecule has 0 aliphatic rings. The van der Waals surface area contributed by atoms with E-state index in [1.807, 2.05) is 20.8 Å². The number of hydrogen-bond acceptors (Lipinski definition) is 3. The van der Waals surface area contributed by atoms with Crippen molar-refractivity contribution in [1.82, 2.24) is 9.80 Å². The fourth-order valence-corrected chi connectivity index (χ4v) is 1.56. The molecule has 0 N–H and O–H groups in total. The van der Waals surface area contributed by atoms with Crippen molar-refractivity contribution in [2.24, 2.45) is 0 Å². The Morgan fingerprint density at radius 2 is 1.44 bits per heavy atom. The van der Waals surface area contributed by atoms with Crippen molar-refractivity contribution in [3.8, 4) is 0 Å². The van der Waals surface area contributed by atoms with Crippen molar-refractivity contribution in [3.63, 3.8) is 0 Å². The SMILES string of the molecule is CN(C)CCCCCCN(C)C(=O)OC(C)(C)C. The molecule has 0 heterocycles. The van der Waals surface area contributed by atoms with Gasteiger partial charge >= 0.3 is 6.09 Å². The molecule has 0 atom stereocenters. The third-order valence-electron chi connectivity index (χ3n) is 2.55. The van der Waals surface area contributed by atoms with Crippen molar-refractivity contribution in [3.05, 3.63) is 0 Å². The molecule has 0 unspecified atom stereocenters. The molecule has 0 saturated carbocycles. The predicted octanol–water partition coefficient (Wildman–Crippen LogP) is 2.98. The standard InChI is InChI=1S/C14H30N2O2/c1-14(2,3)18-13(17)16(6)12-10-8-7-9-11-15(4)5/h7-12H2,1-6H3. The van der Waals surface area contributed by atoms with E-state index in [4.69, 9.17) is 4.74 Å². The lowest BCUT2D eigenvalue weighted by atomic mass is 10.2. The molecule has 0 rings (SSSR count). The minimum absolute atomic E-state index is 0.226. The Morgan fingerprint density at radius 3 is 1.89 bits per heavy atom. The molecule has 0 saturated heterocycles. The van der Waals surface area contributed by atoms with Crippen molar-refractivity contribution in [2.45, 2.75) is 52.1 Å². The maximum absolute atomic E-state index is 11.7. The van der Waals surface area contributed by atoms with Crippen LogP contribution in [0.25, 0.3) is 0 Å². The highest BCUT2D eigenvalue weighted by Gasteiger charge is 2.18. The van der Waals surface area contributed by atoms with Crippen LogP contribution in [-0.4, -0.2) is 55.7 Å². The zero-order valence-electron chi connectivity index (χ0n) is 13.0. The van der Waals surface area contributed by atoms with E-state index in [1.54, 1.807) is 11.9 Å². The molecule has 18 heavy (non-hydrogen) atoms. The van der Waals surface area contributed by atoms with Crippen molar-refractivity contribution in [1.29, 1.82) is 0 Å². The minimum Gasteiger partial charge on any atom is -0.444 e. The smallest absolute Gasteiger partial charge is 0.410 e. The summed E-state index contributed by atoms with van der Waals surface area (Å²) in [4.78, 5) is 15.5. The van der Waals surface area contributed by atoms with Crippen LogP contribution in [0.15, 0.2) is 0 Å². The molecule has 108 valence electrons. The second-order valence-corrected chi connectivity index (χ2v) is 6.12. The van der Waals surface area contributed by atoms with E-state index in [0.29, 0.717) is 0 Å². The summed E-state index contributed by atoms with van der Waals surface area (Å²) in [5, 5.41) is 0. The van der Waals surface area contributed by atoms with Crippen LogP contribution in [0.4, 0.5) is 4.79 Å². The van der Waals surface area contributed by atoms with E-state index < -0.39 is 5.60 Å². The first kappa shape index (κ1) is 17.2. The molecule has 0 spiro atoms. The number of hydrogen-bond donors (Lipinski definition) is 0. The zero-order valence-corrected chi connectivity index (χ0v) is 13.0. The molecule has 4 nitrogen and oxygen atoms in total. The lowest BCUT2D eigenvalue weighted by molar-refractivity contribution is 0.0296. The minimum atomic E-state index is -0.406. The normalized spacial score (nSPS) is 11.7. The molecule has 0 bridgehead atoms. The molecule has 0 aliphatic heterocycles. The third kappa shape index (κ3) is 10.4. The van der Waals surface area contributed by atoms with Gasteiger partial charge in [0.1, 0.15) is 5.60 Å². The number of rotatable bonds is 7. The molecule has 0 aliphatic carbocycles. The maximum Gasteiger partial charge on any atom is 0.410 e. The zero-order chi connectivity index (χ0) is 14.2. The summed E-state index contributed by atoms with van der Waals surface area (Å²) in [6.07, 6.45) is 4.43. The van der Waals surface area contributed by atoms with Crippen molar-refractivity contribution in [2.75, 3.05) is 34.2 Å². The molecule has 0 radical (unpaired) electrons. The second-order valence-electron chi connectivity index (χ2n) is 6.12. The predicted molar refractivity (Wildman–Crippen MR) is 75.9 cm³/mol. The monoisotopic (exact) mass is 258 g/mol. The molecule has 0 fully saturated rings. The van der Waals surface area contributed by atoms with Gasteiger partial charge in [0.25, 0.3) is 0 Å². The van der Waals surface area contributed by atoms with Crippen LogP contribution in [0, 0.1) is 0 Å². The lowest BCUT2D eigenvalue weighted by Gasteiger charge is -2.24. The van der Waals surface area contributed by atoms with Gasteiger partial charge in [-0.3, -0.25) is 0 Å². The van der Waals surface area contributed by atoms with Crippen LogP contribution >= 0.6 is 0 Å². The average Bonchev–Trinajstić information content (AvgIpc) is 2.19. The summed E-state index contributed by atoms with van der Waals surface area (Å²) in [5.74, 6) is 0. The molecule has 0 aromatic carbocycles. The molecular weight excluding hydrogens is 228 g/mol. The van der Waals surface area contributed by atoms with E-state index in [1.165, 1.54) is 19.3 Å². The summed E-state index contributed by atoms with van der Waals surface area (Å²) >= 11 is 0. The third-order valence-corrected chi connectivity index (χ3v) is 2.55. The Kier molecular flexibility index (Phi) is 8.00. The molecule has 4 heteroatoms. The van der Waals surface area contributed by atoms with Gasteiger partial charge in [0.2, 0.25) is 0 Å². The quantitative estimate of drug-likeness (QED) is 0.658. The largest absolute Gasteiger partial charge is 0.444 e. The van der Waals surface area contributed by atoms with Gasteiger partial charge in [0, 0.05) is 13.6 Å². The highest BCUT2D eigenvalue weighted by Crippen LogP contribution is 2.10. The summed E-state index contributed by atoms with van der Waals surface area (Å²) < 4.78 is 5.29. The van der Waals surface area contributed by atoms with Gasteiger partial charge < -0.3 is 14.5 Å². The first-order valence-corrected chi connectivity index (χ1v) is 6.81. The number of carbonyl (C=O) groups excluding carboxylic acids is 1. The fourth-order valence-electron chi connectivity index (χ4n) is 1.56. The van der Waals surface area contributed by atoms with E-state index in [9.17, 15) is 4.79 Å². The van der Waals surface area contributed by atoms with E-state index in [-0.39, 0.29) is 6.09 Å². The molecule has 1 amide bonds. The molecular formula is C14H30N2O2. The van der Waals surface area contributed by atoms with Gasteiger partial charge in [-0.25, -0.2) is 4.79 Å². The number of unbranched alkanes of at least 4 members (excludes halogenated alkanes) is 3. The number of carbonyl (C=O) groups is 1. The van der Waals surface area contributed by atoms with Crippen molar-refractivity contribution < 1.29 is 9.53 Å². The van der Waals surface area contributed by atoms with Gasteiger partial charge in [0.15, 0.2) is 0 Å². The number of amides is 1. The van der Waals surface area contributed by atoms with Crippen LogP contribution in [0.3, 0.4) is 0 Å². The van der Waals surface area contributed by atoms with E-state index in [2.05, 4.69) is 19.0 Å². The number of ether oxygens (including phenoxy) is 1. The van der Waals surface area contributed by atoms with Gasteiger partial charge in [-0.15, -0.1) is 0 Å². The van der Waals surface area contributed by atoms with Crippen LogP contribution in [0.5, 0.6) is 0 Å². The van der Waals surface area contributed by atoms with Crippen LogP contribution in [-0.2, 0) is 4.74 Å². The summed E-state index contributed by atoms with van der Waals surface area (Å²) in [5.41, 5.74) is -0.406. The topological polar surface area (TPSA) is 32.8 Å². The Morgan fingerprint density at radius 1 is 0.944 bits per heavy atom. The van der Waals surface area contributed by atoms with Crippen LogP contribution < -0.4 is 0 Å². The Balaban J connectivity index is 3.58. The molecule has 0 aromatic heterocycles. The van der Waals surface area contributed by atoms with Crippen LogP contribution in [0.1, 0.15) is 46.5 Å². The molecule has 0 aromatic rings. The first-order valence-electron chi connectivity index (χ1n) is 6.81. The summed E-state index contributed by atoms with van der Waals surface area (Å²) in [6, 6.07) is 0. The summed E-state index contributed by atoms with van der Waals surface area (Å²) in [6.45, 7) is 7.58. The summed E-state index contributed by atoms with van der Waals surface area (Å²) in [7, 11) is 5.99. The Hall–Kier alpha value is -0.770. The number of nitrogens with zero attached hydrogens (tertiary/aromatic N) is 2. The first-order chi connectivity index (χ1) is 8.22. The highest BCUT2D eigenvalue weighted by atomic mass is 16.6. The highest BCUT2D eigenvalue weighted by molar-refractivity contribution is 5.67. The fraction of sp³-hybridized carbons (Fsp3) is 0.929. The van der Waals surface area contributed by atoms with Gasteiger partial charge in [-0.05, 0) is 54.3 Å². The average molecular weight is 258 g/mol. The van der Waals surface area contributed by atoms with Gasteiger partial charge in [0.05, 0.1) is 0 Å². The lowest BCUT2D eigenvalue weighted by Crippen LogP contribution is -2.34. The Bertz CT molecular complexity index is 234.